The first-order chi connectivity index (χ1) is 8.60. The van der Waals surface area contributed by atoms with Crippen LogP contribution in [0.4, 0.5) is 18.0 Å². The molecule has 0 radical (unpaired) electrons. The standard InChI is InChI=1S/C11H17F3N2O3/c1-3-16(6-11(12,13)14)9(19)15-10(2,8(17)18)7-4-5-7/h7H,3-6H2,1-2H3,(H,15,19)(H,17,18). The number of hydrogen-bond acceptors (Lipinski definition) is 2. The number of carboxylic acid groups (broad SMARTS) is 1. The Morgan fingerprint density at radius 2 is 1.89 bits per heavy atom. The minimum absolute atomic E-state index is 0.147. The van der Waals surface area contributed by atoms with Gasteiger partial charge in [-0.15, -0.1) is 0 Å². The van der Waals surface area contributed by atoms with E-state index in [1.54, 1.807) is 0 Å². The molecule has 2 N–H and O–H groups in total. The predicted octanol–water partition coefficient (Wildman–Crippen LogP) is 1.83. The van der Waals surface area contributed by atoms with Gasteiger partial charge in [0.25, 0.3) is 0 Å². The number of rotatable bonds is 5. The topological polar surface area (TPSA) is 69.6 Å². The van der Waals surface area contributed by atoms with Crippen molar-refractivity contribution in [3.8, 4) is 0 Å². The first kappa shape index (κ1) is 15.6. The molecule has 0 aliphatic heterocycles. The highest BCUT2D eigenvalue weighted by molar-refractivity contribution is 5.86. The van der Waals surface area contributed by atoms with Gasteiger partial charge in [0, 0.05) is 6.54 Å². The average Bonchev–Trinajstić information content (AvgIpc) is 3.07. The lowest BCUT2D eigenvalue weighted by Crippen LogP contribution is -2.58. The van der Waals surface area contributed by atoms with Crippen LogP contribution in [0.2, 0.25) is 0 Å². The summed E-state index contributed by atoms with van der Waals surface area (Å²) in [6.07, 6.45) is -3.21. The summed E-state index contributed by atoms with van der Waals surface area (Å²) in [6.45, 7) is 1.19. The Hall–Kier alpha value is -1.47. The van der Waals surface area contributed by atoms with Crippen LogP contribution < -0.4 is 5.32 Å². The Labute approximate surface area is 108 Å². The van der Waals surface area contributed by atoms with Gasteiger partial charge in [-0.1, -0.05) is 0 Å². The fraction of sp³-hybridized carbons (Fsp3) is 0.818. The second-order valence-electron chi connectivity index (χ2n) is 4.84. The van der Waals surface area contributed by atoms with Crippen LogP contribution in [0.1, 0.15) is 26.7 Å². The van der Waals surface area contributed by atoms with Gasteiger partial charge in [0.1, 0.15) is 12.1 Å². The van der Waals surface area contributed by atoms with Crippen LogP contribution in [0.5, 0.6) is 0 Å². The molecular formula is C11H17F3N2O3. The molecule has 5 nitrogen and oxygen atoms in total. The molecule has 1 rings (SSSR count). The number of amides is 2. The molecule has 1 aliphatic carbocycles. The summed E-state index contributed by atoms with van der Waals surface area (Å²) in [5, 5.41) is 11.3. The first-order valence-electron chi connectivity index (χ1n) is 5.97. The highest BCUT2D eigenvalue weighted by Crippen LogP contribution is 2.39. The van der Waals surface area contributed by atoms with E-state index in [0.29, 0.717) is 17.7 Å². The molecule has 1 atom stereocenters. The predicted molar refractivity (Wildman–Crippen MR) is 60.6 cm³/mol. The van der Waals surface area contributed by atoms with Gasteiger partial charge in [-0.3, -0.25) is 0 Å². The van der Waals surface area contributed by atoms with E-state index in [1.165, 1.54) is 13.8 Å². The van der Waals surface area contributed by atoms with Gasteiger partial charge >= 0.3 is 18.2 Å². The number of hydrogen-bond donors (Lipinski definition) is 2. The number of nitrogens with zero attached hydrogens (tertiary/aromatic N) is 1. The van der Waals surface area contributed by atoms with Crippen molar-refractivity contribution in [3.63, 3.8) is 0 Å². The average molecular weight is 282 g/mol. The van der Waals surface area contributed by atoms with Crippen LogP contribution in [0.3, 0.4) is 0 Å². The quantitative estimate of drug-likeness (QED) is 0.808. The van der Waals surface area contributed by atoms with E-state index in [-0.39, 0.29) is 12.5 Å². The molecule has 0 aromatic heterocycles. The van der Waals surface area contributed by atoms with Gasteiger partial charge in [0.2, 0.25) is 0 Å². The van der Waals surface area contributed by atoms with Crippen molar-refractivity contribution in [2.24, 2.45) is 5.92 Å². The minimum Gasteiger partial charge on any atom is -0.480 e. The summed E-state index contributed by atoms with van der Waals surface area (Å²) < 4.78 is 36.8. The molecule has 0 bridgehead atoms. The molecule has 110 valence electrons. The van der Waals surface area contributed by atoms with Crippen molar-refractivity contribution in [2.45, 2.75) is 38.4 Å². The van der Waals surface area contributed by atoms with Gasteiger partial charge in [-0.05, 0) is 32.6 Å². The smallest absolute Gasteiger partial charge is 0.406 e. The number of urea groups is 1. The van der Waals surface area contributed by atoms with Crippen LogP contribution in [-0.2, 0) is 4.79 Å². The SMILES string of the molecule is CCN(CC(F)(F)F)C(=O)NC(C)(C(=O)O)C1CC1. The second-order valence-corrected chi connectivity index (χ2v) is 4.84. The highest BCUT2D eigenvalue weighted by atomic mass is 19.4. The van der Waals surface area contributed by atoms with E-state index in [2.05, 4.69) is 5.32 Å². The van der Waals surface area contributed by atoms with Crippen LogP contribution in [-0.4, -0.2) is 46.8 Å². The molecule has 0 aromatic rings. The van der Waals surface area contributed by atoms with E-state index in [0.717, 1.165) is 0 Å². The summed E-state index contributed by atoms with van der Waals surface area (Å²) in [7, 11) is 0. The fourth-order valence-electron chi connectivity index (χ4n) is 1.84. The van der Waals surface area contributed by atoms with Crippen LogP contribution >= 0.6 is 0 Å². The third-order valence-corrected chi connectivity index (χ3v) is 3.24. The van der Waals surface area contributed by atoms with Gasteiger partial charge in [-0.2, -0.15) is 13.2 Å². The summed E-state index contributed by atoms with van der Waals surface area (Å²) in [4.78, 5) is 23.5. The molecule has 0 saturated heterocycles. The van der Waals surface area contributed by atoms with Crippen LogP contribution in [0.15, 0.2) is 0 Å². The van der Waals surface area contributed by atoms with Crippen LogP contribution in [0.25, 0.3) is 0 Å². The van der Waals surface area contributed by atoms with Gasteiger partial charge < -0.3 is 15.3 Å². The molecule has 1 aliphatic rings. The summed E-state index contributed by atoms with van der Waals surface area (Å²) in [5.74, 6) is -1.45. The maximum atomic E-state index is 12.3. The summed E-state index contributed by atoms with van der Waals surface area (Å²) in [5.41, 5.74) is -1.50. The van der Waals surface area contributed by atoms with Gasteiger partial charge in [0.05, 0.1) is 0 Å². The van der Waals surface area contributed by atoms with Crippen LogP contribution in [0, 0.1) is 5.92 Å². The Kier molecular flexibility index (Phi) is 4.32. The van der Waals surface area contributed by atoms with E-state index >= 15 is 0 Å². The Balaban J connectivity index is 2.73. The second kappa shape index (κ2) is 5.26. The maximum Gasteiger partial charge on any atom is 0.406 e. The molecule has 1 unspecified atom stereocenters. The monoisotopic (exact) mass is 282 g/mol. The van der Waals surface area contributed by atoms with Crippen molar-refractivity contribution < 1.29 is 27.9 Å². The molecule has 19 heavy (non-hydrogen) atoms. The number of aliphatic carboxylic acids is 1. The molecule has 1 fully saturated rings. The molecule has 0 spiro atoms. The maximum absolute atomic E-state index is 12.3. The van der Waals surface area contributed by atoms with Crippen molar-refractivity contribution in [1.82, 2.24) is 10.2 Å². The summed E-state index contributed by atoms with van der Waals surface area (Å²) >= 11 is 0. The number of carboxylic acids is 1. The van der Waals surface area contributed by atoms with E-state index in [4.69, 9.17) is 5.11 Å². The lowest BCUT2D eigenvalue weighted by molar-refractivity contribution is -0.145. The van der Waals surface area contributed by atoms with Crippen molar-refractivity contribution >= 4 is 12.0 Å². The normalized spacial score (nSPS) is 18.6. The lowest BCUT2D eigenvalue weighted by atomic mass is 9.96. The minimum atomic E-state index is -4.51. The number of alkyl halides is 3. The van der Waals surface area contributed by atoms with E-state index < -0.39 is 30.3 Å². The molecule has 1 saturated carbocycles. The molecule has 2 amide bonds. The highest BCUT2D eigenvalue weighted by Gasteiger charge is 2.49. The molecule has 8 heteroatoms. The molecule has 0 heterocycles. The van der Waals surface area contributed by atoms with Crippen molar-refractivity contribution in [1.29, 1.82) is 0 Å². The number of halogens is 3. The number of carbonyl (C=O) groups is 2. The molecule has 0 aromatic carbocycles. The van der Waals surface area contributed by atoms with E-state index in [1.807, 2.05) is 0 Å². The number of nitrogens with one attached hydrogen (secondary N) is 1. The van der Waals surface area contributed by atoms with E-state index in [9.17, 15) is 22.8 Å². The third-order valence-electron chi connectivity index (χ3n) is 3.24. The van der Waals surface area contributed by atoms with Crippen molar-refractivity contribution in [3.05, 3.63) is 0 Å². The molecular weight excluding hydrogens is 265 g/mol. The fourth-order valence-corrected chi connectivity index (χ4v) is 1.84. The lowest BCUT2D eigenvalue weighted by Gasteiger charge is -2.30. The number of carbonyl (C=O) groups excluding carboxylic acids is 1. The first-order valence-corrected chi connectivity index (χ1v) is 5.97. The zero-order valence-electron chi connectivity index (χ0n) is 10.8. The summed E-state index contributed by atoms with van der Waals surface area (Å²) in [6, 6.07) is -1.00. The van der Waals surface area contributed by atoms with Gasteiger partial charge in [-0.25, -0.2) is 9.59 Å². The zero-order valence-corrected chi connectivity index (χ0v) is 10.8. The third kappa shape index (κ3) is 4.00. The van der Waals surface area contributed by atoms with Crippen molar-refractivity contribution in [2.75, 3.05) is 13.1 Å². The Morgan fingerprint density at radius 3 is 2.21 bits per heavy atom. The van der Waals surface area contributed by atoms with Gasteiger partial charge in [0.15, 0.2) is 0 Å². The zero-order chi connectivity index (χ0) is 14.8. The Morgan fingerprint density at radius 1 is 1.37 bits per heavy atom. The largest absolute Gasteiger partial charge is 0.480 e. The Bertz CT molecular complexity index is 369.